The summed E-state index contributed by atoms with van der Waals surface area (Å²) in [6, 6.07) is 5.59. The van der Waals surface area contributed by atoms with Crippen LogP contribution < -0.4 is 20.1 Å². The molecule has 0 aliphatic carbocycles. The maximum absolute atomic E-state index is 11.9. The highest BCUT2D eigenvalue weighted by molar-refractivity contribution is 5.79. The van der Waals surface area contributed by atoms with E-state index in [0.29, 0.717) is 6.54 Å². The Bertz CT molecular complexity index is 442. The minimum atomic E-state index is 0.0873. The van der Waals surface area contributed by atoms with E-state index in [9.17, 15) is 4.79 Å². The van der Waals surface area contributed by atoms with E-state index in [4.69, 9.17) is 9.47 Å². The van der Waals surface area contributed by atoms with E-state index >= 15 is 0 Å². The first-order valence-corrected chi connectivity index (χ1v) is 6.44. The van der Waals surface area contributed by atoms with Crippen molar-refractivity contribution in [1.29, 1.82) is 0 Å². The minimum absolute atomic E-state index is 0.0873. The third-order valence-electron chi connectivity index (χ3n) is 3.38. The molecule has 1 amide bonds. The number of nitrogens with one attached hydrogen (secondary N) is 2. The Kier molecular flexibility index (Phi) is 4.63. The van der Waals surface area contributed by atoms with Crippen LogP contribution in [-0.2, 0) is 11.3 Å². The van der Waals surface area contributed by atoms with Gasteiger partial charge in [-0.25, -0.2) is 0 Å². The molecule has 5 nitrogen and oxygen atoms in total. The van der Waals surface area contributed by atoms with Gasteiger partial charge in [-0.3, -0.25) is 4.79 Å². The zero-order valence-corrected chi connectivity index (χ0v) is 11.4. The topological polar surface area (TPSA) is 59.6 Å². The Hall–Kier alpha value is -1.75. The smallest absolute Gasteiger partial charge is 0.224 e. The highest BCUT2D eigenvalue weighted by atomic mass is 16.5. The van der Waals surface area contributed by atoms with Crippen molar-refractivity contribution in [3.8, 4) is 11.5 Å². The third-order valence-corrected chi connectivity index (χ3v) is 3.38. The molecule has 19 heavy (non-hydrogen) atoms. The molecule has 1 aromatic carbocycles. The molecule has 0 aromatic heterocycles. The molecule has 5 heteroatoms. The summed E-state index contributed by atoms with van der Waals surface area (Å²) in [5.74, 6) is 1.66. The van der Waals surface area contributed by atoms with Crippen molar-refractivity contribution in [1.82, 2.24) is 10.6 Å². The summed E-state index contributed by atoms with van der Waals surface area (Å²) in [5.41, 5.74) is 0.947. The monoisotopic (exact) mass is 264 g/mol. The van der Waals surface area contributed by atoms with Crippen molar-refractivity contribution in [2.75, 3.05) is 27.3 Å². The molecular formula is C14H20N2O3. The summed E-state index contributed by atoms with van der Waals surface area (Å²) in [6.07, 6.45) is 0.908. The first-order valence-electron chi connectivity index (χ1n) is 6.44. The molecule has 104 valence electrons. The molecule has 1 aliphatic rings. The molecule has 1 aromatic rings. The lowest BCUT2D eigenvalue weighted by atomic mass is 10.1. The molecule has 0 bridgehead atoms. The molecule has 2 N–H and O–H groups in total. The van der Waals surface area contributed by atoms with E-state index in [1.807, 2.05) is 18.2 Å². The summed E-state index contributed by atoms with van der Waals surface area (Å²) in [4.78, 5) is 11.9. The number of carbonyl (C=O) groups is 1. The van der Waals surface area contributed by atoms with Crippen LogP contribution in [0, 0.1) is 5.92 Å². The Balaban J connectivity index is 1.96. The van der Waals surface area contributed by atoms with Crippen LogP contribution >= 0.6 is 0 Å². The maximum atomic E-state index is 11.9. The van der Waals surface area contributed by atoms with Gasteiger partial charge in [0.15, 0.2) is 0 Å². The molecule has 2 rings (SSSR count). The van der Waals surface area contributed by atoms with E-state index in [0.717, 1.165) is 36.6 Å². The molecule has 1 heterocycles. The second-order valence-electron chi connectivity index (χ2n) is 4.59. The van der Waals surface area contributed by atoms with E-state index < -0.39 is 0 Å². The summed E-state index contributed by atoms with van der Waals surface area (Å²) < 4.78 is 10.4. The number of ether oxygens (including phenoxy) is 2. The van der Waals surface area contributed by atoms with Crippen LogP contribution in [0.1, 0.15) is 12.0 Å². The number of rotatable bonds is 5. The van der Waals surface area contributed by atoms with Crippen molar-refractivity contribution in [3.63, 3.8) is 0 Å². The average Bonchev–Trinajstić information content (AvgIpc) is 2.98. The van der Waals surface area contributed by atoms with Gasteiger partial charge in [-0.2, -0.15) is 0 Å². The van der Waals surface area contributed by atoms with Crippen LogP contribution in [0.2, 0.25) is 0 Å². The zero-order chi connectivity index (χ0) is 13.7. The Labute approximate surface area is 113 Å². The number of benzene rings is 1. The maximum Gasteiger partial charge on any atom is 0.224 e. The predicted molar refractivity (Wildman–Crippen MR) is 72.4 cm³/mol. The Morgan fingerprint density at radius 1 is 1.42 bits per heavy atom. The van der Waals surface area contributed by atoms with E-state index in [2.05, 4.69) is 10.6 Å². The van der Waals surface area contributed by atoms with Crippen molar-refractivity contribution in [3.05, 3.63) is 23.8 Å². The lowest BCUT2D eigenvalue weighted by Crippen LogP contribution is -2.31. The highest BCUT2D eigenvalue weighted by Gasteiger charge is 2.22. The molecule has 1 saturated heterocycles. The second kappa shape index (κ2) is 6.43. The fourth-order valence-electron chi connectivity index (χ4n) is 2.20. The number of amides is 1. The molecule has 1 fully saturated rings. The Morgan fingerprint density at radius 2 is 2.26 bits per heavy atom. The van der Waals surface area contributed by atoms with Crippen LogP contribution in [-0.4, -0.2) is 33.2 Å². The van der Waals surface area contributed by atoms with Gasteiger partial charge in [0, 0.05) is 24.7 Å². The largest absolute Gasteiger partial charge is 0.497 e. The first-order chi connectivity index (χ1) is 9.24. The fraction of sp³-hybridized carbons (Fsp3) is 0.500. The Morgan fingerprint density at radius 3 is 2.89 bits per heavy atom. The average molecular weight is 264 g/mol. The third kappa shape index (κ3) is 3.38. The van der Waals surface area contributed by atoms with Gasteiger partial charge in [0.05, 0.1) is 20.1 Å². The second-order valence-corrected chi connectivity index (χ2v) is 4.59. The molecule has 0 spiro atoms. The standard InChI is InChI=1S/C14H20N2O3/c1-18-12-4-3-10(13(7-12)19-2)9-16-14(17)11-5-6-15-8-11/h3-4,7,11,15H,5-6,8-9H2,1-2H3,(H,16,17). The molecular weight excluding hydrogens is 244 g/mol. The molecule has 1 atom stereocenters. The van der Waals surface area contributed by atoms with Gasteiger partial charge in [-0.1, -0.05) is 0 Å². The normalized spacial score (nSPS) is 18.1. The van der Waals surface area contributed by atoms with Gasteiger partial charge >= 0.3 is 0 Å². The van der Waals surface area contributed by atoms with Crippen LogP contribution in [0.15, 0.2) is 18.2 Å². The minimum Gasteiger partial charge on any atom is -0.497 e. The first kappa shape index (κ1) is 13.7. The van der Waals surface area contributed by atoms with Crippen molar-refractivity contribution < 1.29 is 14.3 Å². The van der Waals surface area contributed by atoms with E-state index in [1.165, 1.54) is 0 Å². The predicted octanol–water partition coefficient (Wildman–Crippen LogP) is 0.929. The lowest BCUT2D eigenvalue weighted by molar-refractivity contribution is -0.124. The summed E-state index contributed by atoms with van der Waals surface area (Å²) in [6.45, 7) is 2.16. The van der Waals surface area contributed by atoms with Crippen molar-refractivity contribution in [2.24, 2.45) is 5.92 Å². The van der Waals surface area contributed by atoms with E-state index in [1.54, 1.807) is 14.2 Å². The molecule has 1 aliphatic heterocycles. The number of methoxy groups -OCH3 is 2. The zero-order valence-electron chi connectivity index (χ0n) is 11.4. The quantitative estimate of drug-likeness (QED) is 0.830. The summed E-state index contributed by atoms with van der Waals surface area (Å²) in [7, 11) is 3.23. The fourth-order valence-corrected chi connectivity index (χ4v) is 2.20. The van der Waals surface area contributed by atoms with Gasteiger partial charge in [0.1, 0.15) is 11.5 Å². The number of hydrogen-bond donors (Lipinski definition) is 2. The summed E-state index contributed by atoms with van der Waals surface area (Å²) >= 11 is 0. The van der Waals surface area contributed by atoms with E-state index in [-0.39, 0.29) is 11.8 Å². The number of carbonyl (C=O) groups excluding carboxylic acids is 1. The van der Waals surface area contributed by atoms with Crippen LogP contribution in [0.25, 0.3) is 0 Å². The SMILES string of the molecule is COc1ccc(CNC(=O)C2CCNC2)c(OC)c1. The molecule has 0 radical (unpaired) electrons. The van der Waals surface area contributed by atoms with Gasteiger partial charge < -0.3 is 20.1 Å². The number of hydrogen-bond acceptors (Lipinski definition) is 4. The van der Waals surface area contributed by atoms with Gasteiger partial charge in [0.25, 0.3) is 0 Å². The van der Waals surface area contributed by atoms with Crippen molar-refractivity contribution >= 4 is 5.91 Å². The van der Waals surface area contributed by atoms with Crippen LogP contribution in [0.3, 0.4) is 0 Å². The lowest BCUT2D eigenvalue weighted by Gasteiger charge is -2.13. The van der Waals surface area contributed by atoms with Crippen LogP contribution in [0.5, 0.6) is 11.5 Å². The molecule has 0 saturated carbocycles. The van der Waals surface area contributed by atoms with Crippen molar-refractivity contribution in [2.45, 2.75) is 13.0 Å². The van der Waals surface area contributed by atoms with Gasteiger partial charge in [-0.05, 0) is 25.1 Å². The highest BCUT2D eigenvalue weighted by Crippen LogP contribution is 2.24. The van der Waals surface area contributed by atoms with Crippen LogP contribution in [0.4, 0.5) is 0 Å². The van der Waals surface area contributed by atoms with Gasteiger partial charge in [0.2, 0.25) is 5.91 Å². The molecule has 1 unspecified atom stereocenters. The summed E-state index contributed by atoms with van der Waals surface area (Å²) in [5, 5.41) is 6.14. The van der Waals surface area contributed by atoms with Gasteiger partial charge in [-0.15, -0.1) is 0 Å².